The third kappa shape index (κ3) is 2.96. The number of halogens is 2. The molecule has 0 aliphatic heterocycles. The van der Waals surface area contributed by atoms with Gasteiger partial charge in [-0.3, -0.25) is 4.79 Å². The van der Waals surface area contributed by atoms with E-state index in [0.717, 1.165) is 11.6 Å². The molecule has 2 aromatic rings. The van der Waals surface area contributed by atoms with Gasteiger partial charge in [-0.1, -0.05) is 30.3 Å². The maximum absolute atomic E-state index is 13.2. The third-order valence-corrected chi connectivity index (χ3v) is 3.02. The molecule has 0 aliphatic rings. The number of rotatable bonds is 4. The Balaban J connectivity index is 2.19. The molecule has 2 aromatic carbocycles. The van der Waals surface area contributed by atoms with Crippen molar-refractivity contribution in [3.05, 3.63) is 63.9 Å². The molecule has 92 valence electrons. The summed E-state index contributed by atoms with van der Waals surface area (Å²) in [6.07, 6.45) is 0.579. The van der Waals surface area contributed by atoms with Crippen molar-refractivity contribution in [2.45, 2.75) is 6.61 Å². The molecule has 0 spiro atoms. The molecule has 0 radical (unpaired) electrons. The maximum atomic E-state index is 13.2. The minimum absolute atomic E-state index is 0.201. The van der Waals surface area contributed by atoms with Gasteiger partial charge < -0.3 is 4.74 Å². The number of hydrogen-bond donors (Lipinski definition) is 0. The van der Waals surface area contributed by atoms with Crippen LogP contribution in [0.15, 0.2) is 46.9 Å². The molecule has 0 aromatic heterocycles. The van der Waals surface area contributed by atoms with E-state index in [1.807, 2.05) is 30.3 Å². The van der Waals surface area contributed by atoms with Crippen molar-refractivity contribution in [2.24, 2.45) is 0 Å². The fourth-order valence-corrected chi connectivity index (χ4v) is 1.82. The molecule has 0 unspecified atom stereocenters. The van der Waals surface area contributed by atoms with E-state index in [9.17, 15) is 9.18 Å². The van der Waals surface area contributed by atoms with Crippen LogP contribution in [0.1, 0.15) is 15.9 Å². The molecule has 18 heavy (non-hydrogen) atoms. The van der Waals surface area contributed by atoms with E-state index >= 15 is 0 Å². The smallest absolute Gasteiger partial charge is 0.153 e. The summed E-state index contributed by atoms with van der Waals surface area (Å²) in [5.41, 5.74) is 1.18. The fraction of sp³-hybridized carbons (Fsp3) is 0.0714. The van der Waals surface area contributed by atoms with Crippen molar-refractivity contribution >= 4 is 22.2 Å². The van der Waals surface area contributed by atoms with Gasteiger partial charge in [-0.25, -0.2) is 4.39 Å². The number of hydrogen-bond acceptors (Lipinski definition) is 2. The Hall–Kier alpha value is -1.68. The first-order valence-electron chi connectivity index (χ1n) is 5.31. The molecule has 0 saturated heterocycles. The number of aldehydes is 1. The Morgan fingerprint density at radius 2 is 1.94 bits per heavy atom. The Morgan fingerprint density at radius 3 is 2.61 bits per heavy atom. The van der Waals surface area contributed by atoms with Crippen molar-refractivity contribution in [1.29, 1.82) is 0 Å². The molecule has 0 N–H and O–H groups in total. The van der Waals surface area contributed by atoms with Gasteiger partial charge in [-0.15, -0.1) is 0 Å². The molecule has 2 nitrogen and oxygen atoms in total. The molecule has 0 atom stereocenters. The van der Waals surface area contributed by atoms with Crippen molar-refractivity contribution in [3.63, 3.8) is 0 Å². The fourth-order valence-electron chi connectivity index (χ4n) is 1.50. The monoisotopic (exact) mass is 308 g/mol. The average molecular weight is 309 g/mol. The van der Waals surface area contributed by atoms with Crippen LogP contribution in [-0.4, -0.2) is 6.29 Å². The number of carbonyl (C=O) groups is 1. The summed E-state index contributed by atoms with van der Waals surface area (Å²) >= 11 is 3.06. The Labute approximate surface area is 113 Å². The zero-order chi connectivity index (χ0) is 13.0. The van der Waals surface area contributed by atoms with Gasteiger partial charge in [0, 0.05) is 0 Å². The summed E-state index contributed by atoms with van der Waals surface area (Å²) in [5.74, 6) is -0.119. The van der Waals surface area contributed by atoms with E-state index < -0.39 is 5.82 Å². The zero-order valence-corrected chi connectivity index (χ0v) is 11.0. The first-order chi connectivity index (χ1) is 8.70. The van der Waals surface area contributed by atoms with E-state index in [1.165, 1.54) is 6.07 Å². The molecule has 0 heterocycles. The minimum atomic E-state index is -0.482. The summed E-state index contributed by atoms with van der Waals surface area (Å²) in [6, 6.07) is 12.2. The van der Waals surface area contributed by atoms with Crippen molar-refractivity contribution in [1.82, 2.24) is 0 Å². The van der Waals surface area contributed by atoms with Crippen LogP contribution in [0.2, 0.25) is 0 Å². The van der Waals surface area contributed by atoms with E-state index in [2.05, 4.69) is 15.9 Å². The van der Waals surface area contributed by atoms with E-state index in [-0.39, 0.29) is 10.0 Å². The van der Waals surface area contributed by atoms with Gasteiger partial charge in [0.25, 0.3) is 0 Å². The van der Waals surface area contributed by atoms with Crippen LogP contribution < -0.4 is 4.74 Å². The topological polar surface area (TPSA) is 26.3 Å². The van der Waals surface area contributed by atoms with E-state index in [1.54, 1.807) is 0 Å². The summed E-state index contributed by atoms with van der Waals surface area (Å²) in [4.78, 5) is 10.8. The predicted molar refractivity (Wildman–Crippen MR) is 70.3 cm³/mol. The number of ether oxygens (including phenoxy) is 1. The SMILES string of the molecule is O=Cc1cc(F)c(Br)cc1OCc1ccccc1. The molecular weight excluding hydrogens is 299 g/mol. The summed E-state index contributed by atoms with van der Waals surface area (Å²) in [7, 11) is 0. The summed E-state index contributed by atoms with van der Waals surface area (Å²) < 4.78 is 19.0. The molecule has 0 saturated carbocycles. The largest absolute Gasteiger partial charge is 0.488 e. The van der Waals surface area contributed by atoms with Crippen LogP contribution >= 0.6 is 15.9 Å². The second kappa shape index (κ2) is 5.78. The van der Waals surface area contributed by atoms with Gasteiger partial charge in [0.05, 0.1) is 10.0 Å². The van der Waals surface area contributed by atoms with Crippen LogP contribution in [0, 0.1) is 5.82 Å². The van der Waals surface area contributed by atoms with Gasteiger partial charge in [0.15, 0.2) is 6.29 Å². The first-order valence-corrected chi connectivity index (χ1v) is 6.11. The molecule has 0 fully saturated rings. The Bertz CT molecular complexity index is 555. The minimum Gasteiger partial charge on any atom is -0.488 e. The van der Waals surface area contributed by atoms with Crippen LogP contribution in [0.4, 0.5) is 4.39 Å². The highest BCUT2D eigenvalue weighted by Crippen LogP contribution is 2.26. The molecule has 4 heteroatoms. The quantitative estimate of drug-likeness (QED) is 0.799. The van der Waals surface area contributed by atoms with Crippen LogP contribution in [0.5, 0.6) is 5.75 Å². The molecule has 2 rings (SSSR count). The first kappa shape index (κ1) is 12.8. The highest BCUT2D eigenvalue weighted by atomic mass is 79.9. The van der Waals surface area contributed by atoms with E-state index in [4.69, 9.17) is 4.74 Å². The van der Waals surface area contributed by atoms with Crippen LogP contribution in [0.25, 0.3) is 0 Å². The number of benzene rings is 2. The van der Waals surface area contributed by atoms with Gasteiger partial charge in [-0.2, -0.15) is 0 Å². The summed E-state index contributed by atoms with van der Waals surface area (Å²) in [6.45, 7) is 0.333. The van der Waals surface area contributed by atoms with Crippen molar-refractivity contribution < 1.29 is 13.9 Å². The lowest BCUT2D eigenvalue weighted by molar-refractivity contribution is 0.111. The summed E-state index contributed by atoms with van der Waals surface area (Å²) in [5, 5.41) is 0. The van der Waals surface area contributed by atoms with Gasteiger partial charge >= 0.3 is 0 Å². The van der Waals surface area contributed by atoms with E-state index in [0.29, 0.717) is 18.6 Å². The van der Waals surface area contributed by atoms with Gasteiger partial charge in [0.2, 0.25) is 0 Å². The number of carbonyl (C=O) groups excluding carboxylic acids is 1. The standard InChI is InChI=1S/C14H10BrFO2/c15-12-7-14(11(8-17)6-13(12)16)18-9-10-4-2-1-3-5-10/h1-8H,9H2. The average Bonchev–Trinajstić information content (AvgIpc) is 2.41. The second-order valence-corrected chi connectivity index (χ2v) is 4.55. The molecule has 0 bridgehead atoms. The van der Waals surface area contributed by atoms with Gasteiger partial charge in [0.1, 0.15) is 18.2 Å². The van der Waals surface area contributed by atoms with Crippen molar-refractivity contribution in [2.75, 3.05) is 0 Å². The second-order valence-electron chi connectivity index (χ2n) is 3.70. The Morgan fingerprint density at radius 1 is 1.22 bits per heavy atom. The predicted octanol–water partition coefficient (Wildman–Crippen LogP) is 3.98. The maximum Gasteiger partial charge on any atom is 0.153 e. The van der Waals surface area contributed by atoms with Crippen LogP contribution in [0.3, 0.4) is 0 Å². The van der Waals surface area contributed by atoms with Gasteiger partial charge in [-0.05, 0) is 33.6 Å². The highest BCUT2D eigenvalue weighted by molar-refractivity contribution is 9.10. The lowest BCUT2D eigenvalue weighted by Crippen LogP contribution is -1.99. The molecular formula is C14H10BrFO2. The lowest BCUT2D eigenvalue weighted by atomic mass is 10.2. The highest BCUT2D eigenvalue weighted by Gasteiger charge is 2.09. The Kier molecular flexibility index (Phi) is 4.10. The van der Waals surface area contributed by atoms with Crippen LogP contribution in [-0.2, 0) is 6.61 Å². The molecule has 0 amide bonds. The normalized spacial score (nSPS) is 10.1. The third-order valence-electron chi connectivity index (χ3n) is 2.42. The molecule has 0 aliphatic carbocycles. The lowest BCUT2D eigenvalue weighted by Gasteiger charge is -2.09. The van der Waals surface area contributed by atoms with Crippen molar-refractivity contribution in [3.8, 4) is 5.75 Å². The zero-order valence-electron chi connectivity index (χ0n) is 9.40.